The number of hydrogen-bond donors (Lipinski definition) is 2. The summed E-state index contributed by atoms with van der Waals surface area (Å²) in [6.07, 6.45) is 1.69. The second-order valence-corrected chi connectivity index (χ2v) is 5.24. The molecule has 0 aliphatic carbocycles. The summed E-state index contributed by atoms with van der Waals surface area (Å²) in [5.74, 6) is 0.429. The molecule has 0 heterocycles. The van der Waals surface area contributed by atoms with E-state index in [0.29, 0.717) is 5.92 Å². The third-order valence-electron chi connectivity index (χ3n) is 2.46. The van der Waals surface area contributed by atoms with Crippen molar-refractivity contribution >= 4 is 5.91 Å². The van der Waals surface area contributed by atoms with Crippen LogP contribution in [0.15, 0.2) is 0 Å². The van der Waals surface area contributed by atoms with Gasteiger partial charge in [-0.2, -0.15) is 0 Å². The summed E-state index contributed by atoms with van der Waals surface area (Å²) in [5.41, 5.74) is 5.80. The van der Waals surface area contributed by atoms with E-state index in [2.05, 4.69) is 24.1 Å². The Morgan fingerprint density at radius 2 is 1.88 bits per heavy atom. The van der Waals surface area contributed by atoms with Crippen LogP contribution in [0.3, 0.4) is 0 Å². The van der Waals surface area contributed by atoms with Crippen molar-refractivity contribution in [2.75, 3.05) is 20.6 Å². The van der Waals surface area contributed by atoms with Crippen LogP contribution in [-0.4, -0.2) is 43.5 Å². The molecule has 0 aromatic heterocycles. The molecule has 1 amide bonds. The lowest BCUT2D eigenvalue weighted by Crippen LogP contribution is -2.45. The Labute approximate surface area is 99.6 Å². The molecular weight excluding hydrogens is 202 g/mol. The summed E-state index contributed by atoms with van der Waals surface area (Å²) in [6, 6.07) is -0.185. The van der Waals surface area contributed by atoms with E-state index in [4.69, 9.17) is 5.73 Å². The van der Waals surface area contributed by atoms with Gasteiger partial charge in [0.25, 0.3) is 0 Å². The zero-order chi connectivity index (χ0) is 12.7. The predicted molar refractivity (Wildman–Crippen MR) is 68.2 cm³/mol. The quantitative estimate of drug-likeness (QED) is 0.679. The standard InChI is InChI=1S/C12H27N3O/c1-9(2)8-11(13)12(16)14-10(3)6-7-15(4)5/h9-11H,6-8,13H2,1-5H3,(H,14,16)/t10?,11-/m1/s1. The first-order valence-corrected chi connectivity index (χ1v) is 6.03. The topological polar surface area (TPSA) is 58.4 Å². The second kappa shape index (κ2) is 7.63. The van der Waals surface area contributed by atoms with Crippen LogP contribution in [0.5, 0.6) is 0 Å². The molecule has 3 N–H and O–H groups in total. The fourth-order valence-electron chi connectivity index (χ4n) is 1.49. The van der Waals surface area contributed by atoms with Crippen LogP contribution < -0.4 is 11.1 Å². The molecule has 4 nitrogen and oxygen atoms in total. The van der Waals surface area contributed by atoms with Gasteiger partial charge in [-0.15, -0.1) is 0 Å². The van der Waals surface area contributed by atoms with E-state index < -0.39 is 0 Å². The van der Waals surface area contributed by atoms with Gasteiger partial charge in [0.15, 0.2) is 0 Å². The molecule has 16 heavy (non-hydrogen) atoms. The number of carbonyl (C=O) groups is 1. The number of hydrogen-bond acceptors (Lipinski definition) is 3. The molecule has 0 saturated heterocycles. The normalized spacial score (nSPS) is 15.2. The Morgan fingerprint density at radius 1 is 1.31 bits per heavy atom. The van der Waals surface area contributed by atoms with E-state index in [1.807, 2.05) is 21.0 Å². The Bertz CT molecular complexity index is 204. The highest BCUT2D eigenvalue weighted by molar-refractivity contribution is 5.81. The van der Waals surface area contributed by atoms with Crippen LogP contribution in [0.25, 0.3) is 0 Å². The van der Waals surface area contributed by atoms with E-state index in [-0.39, 0.29) is 18.0 Å². The minimum atomic E-state index is -0.373. The van der Waals surface area contributed by atoms with Gasteiger partial charge in [-0.25, -0.2) is 0 Å². The van der Waals surface area contributed by atoms with Crippen molar-refractivity contribution in [1.29, 1.82) is 0 Å². The van der Waals surface area contributed by atoms with Gasteiger partial charge in [-0.3, -0.25) is 4.79 Å². The van der Waals surface area contributed by atoms with Gasteiger partial charge in [0, 0.05) is 6.04 Å². The second-order valence-electron chi connectivity index (χ2n) is 5.24. The molecule has 96 valence electrons. The molecule has 0 rings (SSSR count). The maximum atomic E-state index is 11.7. The molecule has 0 fully saturated rings. The Morgan fingerprint density at radius 3 is 2.31 bits per heavy atom. The third kappa shape index (κ3) is 7.65. The number of nitrogens with zero attached hydrogens (tertiary/aromatic N) is 1. The van der Waals surface area contributed by atoms with Crippen molar-refractivity contribution in [3.05, 3.63) is 0 Å². The monoisotopic (exact) mass is 229 g/mol. The number of amides is 1. The molecule has 1 unspecified atom stereocenters. The van der Waals surface area contributed by atoms with Crippen LogP contribution in [0, 0.1) is 5.92 Å². The Kier molecular flexibility index (Phi) is 7.34. The van der Waals surface area contributed by atoms with Crippen LogP contribution in [0.2, 0.25) is 0 Å². The molecule has 0 aliphatic rings. The molecule has 4 heteroatoms. The van der Waals surface area contributed by atoms with Gasteiger partial charge in [0.1, 0.15) is 0 Å². The fourth-order valence-corrected chi connectivity index (χ4v) is 1.49. The first-order valence-electron chi connectivity index (χ1n) is 6.03. The van der Waals surface area contributed by atoms with Crippen LogP contribution in [-0.2, 0) is 4.79 Å². The molecule has 0 aromatic rings. The molecule has 0 bridgehead atoms. The average Bonchev–Trinajstić information content (AvgIpc) is 2.13. The summed E-state index contributed by atoms with van der Waals surface area (Å²) >= 11 is 0. The number of carbonyl (C=O) groups excluding carboxylic acids is 1. The van der Waals surface area contributed by atoms with E-state index in [1.165, 1.54) is 0 Å². The molecular formula is C12H27N3O. The molecule has 0 saturated carbocycles. The highest BCUT2D eigenvalue weighted by Gasteiger charge is 2.16. The van der Waals surface area contributed by atoms with E-state index in [0.717, 1.165) is 19.4 Å². The fraction of sp³-hybridized carbons (Fsp3) is 0.917. The number of nitrogens with two attached hydrogens (primary N) is 1. The van der Waals surface area contributed by atoms with Gasteiger partial charge in [0.05, 0.1) is 6.04 Å². The minimum absolute atomic E-state index is 0.0278. The highest BCUT2D eigenvalue weighted by Crippen LogP contribution is 2.03. The summed E-state index contributed by atoms with van der Waals surface area (Å²) in [7, 11) is 4.05. The van der Waals surface area contributed by atoms with Gasteiger partial charge in [0.2, 0.25) is 5.91 Å². The average molecular weight is 229 g/mol. The van der Waals surface area contributed by atoms with E-state index >= 15 is 0 Å². The van der Waals surface area contributed by atoms with Crippen molar-refractivity contribution < 1.29 is 4.79 Å². The van der Waals surface area contributed by atoms with Crippen molar-refractivity contribution in [2.45, 2.75) is 45.7 Å². The zero-order valence-electron chi connectivity index (χ0n) is 11.3. The van der Waals surface area contributed by atoms with Gasteiger partial charge >= 0.3 is 0 Å². The number of rotatable bonds is 7. The van der Waals surface area contributed by atoms with Crippen LogP contribution in [0.4, 0.5) is 0 Å². The zero-order valence-corrected chi connectivity index (χ0v) is 11.3. The van der Waals surface area contributed by atoms with Crippen molar-refractivity contribution in [3.8, 4) is 0 Å². The van der Waals surface area contributed by atoms with E-state index in [1.54, 1.807) is 0 Å². The molecule has 0 radical (unpaired) electrons. The van der Waals surface area contributed by atoms with Crippen LogP contribution in [0.1, 0.15) is 33.6 Å². The maximum absolute atomic E-state index is 11.7. The maximum Gasteiger partial charge on any atom is 0.237 e. The van der Waals surface area contributed by atoms with Crippen molar-refractivity contribution in [2.24, 2.45) is 11.7 Å². The lowest BCUT2D eigenvalue weighted by atomic mass is 10.0. The first-order chi connectivity index (χ1) is 7.32. The smallest absolute Gasteiger partial charge is 0.237 e. The lowest BCUT2D eigenvalue weighted by Gasteiger charge is -2.20. The van der Waals surface area contributed by atoms with Crippen LogP contribution >= 0.6 is 0 Å². The largest absolute Gasteiger partial charge is 0.352 e. The molecule has 0 spiro atoms. The third-order valence-corrected chi connectivity index (χ3v) is 2.46. The Hall–Kier alpha value is -0.610. The summed E-state index contributed by atoms with van der Waals surface area (Å²) in [6.45, 7) is 7.13. The Balaban J connectivity index is 3.85. The van der Waals surface area contributed by atoms with Gasteiger partial charge < -0.3 is 16.0 Å². The predicted octanol–water partition coefficient (Wildman–Crippen LogP) is 0.816. The summed E-state index contributed by atoms with van der Waals surface area (Å²) in [4.78, 5) is 13.8. The van der Waals surface area contributed by atoms with Gasteiger partial charge in [-0.1, -0.05) is 13.8 Å². The van der Waals surface area contributed by atoms with Gasteiger partial charge in [-0.05, 0) is 46.3 Å². The van der Waals surface area contributed by atoms with E-state index in [9.17, 15) is 4.79 Å². The summed E-state index contributed by atoms with van der Waals surface area (Å²) < 4.78 is 0. The number of nitrogens with one attached hydrogen (secondary N) is 1. The lowest BCUT2D eigenvalue weighted by molar-refractivity contribution is -0.123. The minimum Gasteiger partial charge on any atom is -0.352 e. The van der Waals surface area contributed by atoms with Crippen molar-refractivity contribution in [1.82, 2.24) is 10.2 Å². The molecule has 2 atom stereocenters. The molecule has 0 aromatic carbocycles. The highest BCUT2D eigenvalue weighted by atomic mass is 16.2. The summed E-state index contributed by atoms with van der Waals surface area (Å²) in [5, 5.41) is 2.95. The van der Waals surface area contributed by atoms with Crippen molar-refractivity contribution in [3.63, 3.8) is 0 Å². The SMILES string of the molecule is CC(C)C[C@@H](N)C(=O)NC(C)CCN(C)C. The molecule has 0 aliphatic heterocycles. The first kappa shape index (κ1) is 15.4.